The number of nitrogen functional groups attached to an aromatic ring is 1. The van der Waals surface area contributed by atoms with Gasteiger partial charge in [0, 0.05) is 30.5 Å². The van der Waals surface area contributed by atoms with Crippen molar-refractivity contribution in [1.29, 1.82) is 0 Å². The van der Waals surface area contributed by atoms with Gasteiger partial charge in [-0.25, -0.2) is 13.4 Å². The van der Waals surface area contributed by atoms with Gasteiger partial charge in [-0.3, -0.25) is 9.78 Å². The van der Waals surface area contributed by atoms with E-state index < -0.39 is 15.7 Å². The number of anilines is 2. The molecule has 8 heteroatoms. The van der Waals surface area contributed by atoms with Gasteiger partial charge in [0.05, 0.1) is 17.8 Å². The average Bonchev–Trinajstić information content (AvgIpc) is 2.72. The molecule has 148 valence electrons. The summed E-state index contributed by atoms with van der Waals surface area (Å²) in [4.78, 5) is 22.6. The Morgan fingerprint density at radius 2 is 1.97 bits per heavy atom. The van der Waals surface area contributed by atoms with Crippen LogP contribution in [-0.4, -0.2) is 30.5 Å². The van der Waals surface area contributed by atoms with Crippen LogP contribution in [0.25, 0.3) is 6.08 Å². The number of nitrogens with two attached hydrogens (primary N) is 1. The van der Waals surface area contributed by atoms with Gasteiger partial charge >= 0.3 is 0 Å². The number of sulfone groups is 1. The first-order valence-corrected chi connectivity index (χ1v) is 10.6. The molecular formula is C21H20N4O3S. The number of carbonyl (C=O) groups is 1. The number of nitrogens with zero attached hydrogens (tertiary/aromatic N) is 3. The van der Waals surface area contributed by atoms with Gasteiger partial charge < -0.3 is 10.6 Å². The van der Waals surface area contributed by atoms with Crippen molar-refractivity contribution in [1.82, 2.24) is 9.97 Å². The van der Waals surface area contributed by atoms with Gasteiger partial charge in [-0.15, -0.1) is 0 Å². The molecule has 1 aromatic carbocycles. The van der Waals surface area contributed by atoms with E-state index in [-0.39, 0.29) is 17.3 Å². The Morgan fingerprint density at radius 3 is 2.59 bits per heavy atom. The first-order chi connectivity index (χ1) is 13.8. The minimum atomic E-state index is -3.66. The summed E-state index contributed by atoms with van der Waals surface area (Å²) in [6.45, 7) is 3.81. The van der Waals surface area contributed by atoms with E-state index in [2.05, 4.69) is 16.5 Å². The minimum Gasteiger partial charge on any atom is -0.398 e. The Kier molecular flexibility index (Phi) is 5.74. The van der Waals surface area contributed by atoms with E-state index in [1.54, 1.807) is 48.7 Å². The lowest BCUT2D eigenvalue weighted by Crippen LogP contribution is -2.32. The van der Waals surface area contributed by atoms with E-state index in [1.165, 1.54) is 17.3 Å². The summed E-state index contributed by atoms with van der Waals surface area (Å²) in [5.74, 6) is -0.401. The summed E-state index contributed by atoms with van der Waals surface area (Å²) in [5, 5.41) is -0.173. The van der Waals surface area contributed by atoms with E-state index in [9.17, 15) is 13.2 Å². The second-order valence-corrected chi connectivity index (χ2v) is 8.33. The molecule has 0 unspecified atom stereocenters. The van der Waals surface area contributed by atoms with Crippen LogP contribution >= 0.6 is 0 Å². The zero-order valence-corrected chi connectivity index (χ0v) is 16.6. The zero-order chi connectivity index (χ0) is 21.0. The van der Waals surface area contributed by atoms with Gasteiger partial charge in [-0.05, 0) is 41.5 Å². The van der Waals surface area contributed by atoms with Crippen molar-refractivity contribution in [3.63, 3.8) is 0 Å². The smallest absolute Gasteiger partial charge is 0.260 e. The van der Waals surface area contributed by atoms with E-state index in [0.29, 0.717) is 11.3 Å². The number of aromatic nitrogens is 2. The quantitative estimate of drug-likeness (QED) is 0.629. The van der Waals surface area contributed by atoms with Crippen LogP contribution in [0.15, 0.2) is 72.7 Å². The van der Waals surface area contributed by atoms with Crippen LogP contribution in [0.3, 0.4) is 0 Å². The molecule has 3 aromatic rings. The van der Waals surface area contributed by atoms with Crippen LogP contribution in [-0.2, 0) is 16.4 Å². The SMILES string of the molecule is C=Cc1ccc(CN(C(=O)c2cccnc2)c2cccnc2S(C)(=O)=O)cc1N. The number of rotatable bonds is 6. The number of benzene rings is 1. The molecule has 0 aliphatic heterocycles. The number of hydrogen-bond donors (Lipinski definition) is 1. The molecule has 0 fully saturated rings. The molecule has 7 nitrogen and oxygen atoms in total. The Labute approximate surface area is 169 Å². The van der Waals surface area contributed by atoms with Crippen molar-refractivity contribution in [2.24, 2.45) is 0 Å². The molecule has 0 radical (unpaired) electrons. The predicted molar refractivity (Wildman–Crippen MR) is 113 cm³/mol. The Morgan fingerprint density at radius 1 is 1.21 bits per heavy atom. The summed E-state index contributed by atoms with van der Waals surface area (Å²) < 4.78 is 24.5. The van der Waals surface area contributed by atoms with Gasteiger partial charge in [0.15, 0.2) is 14.9 Å². The van der Waals surface area contributed by atoms with E-state index in [0.717, 1.165) is 17.4 Å². The van der Waals surface area contributed by atoms with Crippen molar-refractivity contribution in [3.8, 4) is 0 Å². The number of amides is 1. The molecule has 0 aliphatic rings. The van der Waals surface area contributed by atoms with Gasteiger partial charge in [0.1, 0.15) is 0 Å². The highest BCUT2D eigenvalue weighted by molar-refractivity contribution is 7.90. The van der Waals surface area contributed by atoms with Crippen molar-refractivity contribution < 1.29 is 13.2 Å². The van der Waals surface area contributed by atoms with E-state index in [1.807, 2.05) is 6.07 Å². The van der Waals surface area contributed by atoms with E-state index in [4.69, 9.17) is 5.73 Å². The van der Waals surface area contributed by atoms with Crippen molar-refractivity contribution in [2.45, 2.75) is 11.6 Å². The molecule has 2 N–H and O–H groups in total. The molecule has 3 rings (SSSR count). The Balaban J connectivity index is 2.12. The highest BCUT2D eigenvalue weighted by atomic mass is 32.2. The lowest BCUT2D eigenvalue weighted by atomic mass is 10.1. The minimum absolute atomic E-state index is 0.101. The molecule has 0 bridgehead atoms. The predicted octanol–water partition coefficient (Wildman–Crippen LogP) is 2.95. The summed E-state index contributed by atoms with van der Waals surface area (Å²) in [7, 11) is -3.66. The summed E-state index contributed by atoms with van der Waals surface area (Å²) in [6, 6.07) is 11.7. The topological polar surface area (TPSA) is 106 Å². The molecule has 0 atom stereocenters. The number of hydrogen-bond acceptors (Lipinski definition) is 6. The lowest BCUT2D eigenvalue weighted by molar-refractivity contribution is 0.0984. The maximum Gasteiger partial charge on any atom is 0.260 e. The van der Waals surface area contributed by atoms with Crippen LogP contribution < -0.4 is 10.6 Å². The van der Waals surface area contributed by atoms with Crippen LogP contribution in [0.5, 0.6) is 0 Å². The molecule has 2 aromatic heterocycles. The molecule has 0 saturated heterocycles. The fourth-order valence-electron chi connectivity index (χ4n) is 2.88. The Hall–Kier alpha value is -3.52. The molecule has 29 heavy (non-hydrogen) atoms. The highest BCUT2D eigenvalue weighted by Crippen LogP contribution is 2.27. The van der Waals surface area contributed by atoms with Crippen LogP contribution in [0.1, 0.15) is 21.5 Å². The Bertz CT molecular complexity index is 1160. The summed E-state index contributed by atoms with van der Waals surface area (Å²) in [6.07, 6.45) is 7.06. The van der Waals surface area contributed by atoms with Crippen LogP contribution in [0.4, 0.5) is 11.4 Å². The summed E-state index contributed by atoms with van der Waals surface area (Å²) in [5.41, 5.74) is 8.58. The average molecular weight is 408 g/mol. The van der Waals surface area contributed by atoms with Crippen LogP contribution in [0.2, 0.25) is 0 Å². The normalized spacial score (nSPS) is 11.1. The van der Waals surface area contributed by atoms with Crippen molar-refractivity contribution in [3.05, 3.63) is 84.3 Å². The van der Waals surface area contributed by atoms with Gasteiger partial charge in [-0.2, -0.15) is 0 Å². The fourth-order valence-corrected chi connectivity index (χ4v) is 3.69. The maximum atomic E-state index is 13.3. The third-order valence-corrected chi connectivity index (χ3v) is 5.28. The lowest BCUT2D eigenvalue weighted by Gasteiger charge is -2.24. The fraction of sp³-hybridized carbons (Fsp3) is 0.0952. The van der Waals surface area contributed by atoms with Crippen LogP contribution in [0, 0.1) is 0 Å². The second-order valence-electron chi connectivity index (χ2n) is 6.40. The third kappa shape index (κ3) is 4.49. The first kappa shape index (κ1) is 20.2. The van der Waals surface area contributed by atoms with Crippen molar-refractivity contribution >= 4 is 33.2 Å². The first-order valence-electron chi connectivity index (χ1n) is 8.69. The number of carbonyl (C=O) groups excluding carboxylic acids is 1. The van der Waals surface area contributed by atoms with Gasteiger partial charge in [0.25, 0.3) is 5.91 Å². The maximum absolute atomic E-state index is 13.3. The zero-order valence-electron chi connectivity index (χ0n) is 15.8. The molecular weight excluding hydrogens is 388 g/mol. The molecule has 1 amide bonds. The van der Waals surface area contributed by atoms with Gasteiger partial charge in [0.2, 0.25) is 0 Å². The monoisotopic (exact) mass is 408 g/mol. The second kappa shape index (κ2) is 8.24. The number of pyridine rings is 2. The third-order valence-electron chi connectivity index (χ3n) is 4.26. The largest absolute Gasteiger partial charge is 0.398 e. The van der Waals surface area contributed by atoms with Crippen molar-refractivity contribution in [2.75, 3.05) is 16.9 Å². The highest BCUT2D eigenvalue weighted by Gasteiger charge is 2.25. The van der Waals surface area contributed by atoms with Gasteiger partial charge in [-0.1, -0.05) is 24.8 Å². The summed E-state index contributed by atoms with van der Waals surface area (Å²) >= 11 is 0. The molecule has 0 spiro atoms. The van der Waals surface area contributed by atoms with E-state index >= 15 is 0 Å². The standard InChI is InChI=1S/C21H20N4O3S/c1-3-16-9-8-15(12-18(16)22)14-25(21(26)17-6-4-10-23-13-17)19-7-5-11-24-20(19)29(2,27)28/h3-13H,1,14,22H2,2H3. The molecule has 0 saturated carbocycles. The molecule has 2 heterocycles. The molecule has 0 aliphatic carbocycles.